The van der Waals surface area contributed by atoms with Crippen LogP contribution in [0.5, 0.6) is 0 Å². The van der Waals surface area contributed by atoms with Gasteiger partial charge in [0.25, 0.3) is 0 Å². The lowest BCUT2D eigenvalue weighted by molar-refractivity contribution is -0.323. The summed E-state index contributed by atoms with van der Waals surface area (Å²) in [6, 6.07) is -1.71. The van der Waals surface area contributed by atoms with E-state index in [2.05, 4.69) is 29.5 Å². The van der Waals surface area contributed by atoms with Crippen molar-refractivity contribution in [3.8, 4) is 0 Å². The van der Waals surface area contributed by atoms with E-state index in [1.807, 2.05) is 0 Å². The normalized spacial score (nSPS) is 28.2. The number of fused-ring (bicyclic) bond motifs is 1. The molecule has 7 unspecified atom stereocenters. The minimum absolute atomic E-state index is 0.00723. The van der Waals surface area contributed by atoms with Crippen LogP contribution in [0, 0.1) is 5.92 Å². The summed E-state index contributed by atoms with van der Waals surface area (Å²) >= 11 is 1.74. The van der Waals surface area contributed by atoms with E-state index in [1.165, 1.54) is 6.92 Å². The zero-order valence-corrected chi connectivity index (χ0v) is 33.3. The van der Waals surface area contributed by atoms with Gasteiger partial charge in [0.2, 0.25) is 5.91 Å². The van der Waals surface area contributed by atoms with Gasteiger partial charge in [0.1, 0.15) is 49.3 Å². The molecule has 20 heteroatoms. The molecule has 0 aliphatic carbocycles. The van der Waals surface area contributed by atoms with Crippen molar-refractivity contribution in [3.63, 3.8) is 0 Å². The molecule has 10 N–H and O–H groups in total. The van der Waals surface area contributed by atoms with Crippen molar-refractivity contribution in [2.24, 2.45) is 5.92 Å². The van der Waals surface area contributed by atoms with Gasteiger partial charge in [0.05, 0.1) is 31.4 Å². The summed E-state index contributed by atoms with van der Waals surface area (Å²) in [7, 11) is 0. The van der Waals surface area contributed by atoms with Crippen LogP contribution in [0.2, 0.25) is 0 Å². The van der Waals surface area contributed by atoms with Crippen LogP contribution in [0.25, 0.3) is 0 Å². The fraction of sp³-hybridized carbons (Fsp3) is 0.811. The second-order valence-corrected chi connectivity index (χ2v) is 16.0. The maximum absolute atomic E-state index is 13.4. The summed E-state index contributed by atoms with van der Waals surface area (Å²) in [6.45, 7) is 3.79. The Kier molecular flexibility index (Phi) is 20.6. The highest BCUT2D eigenvalue weighted by molar-refractivity contribution is 8.00. The van der Waals surface area contributed by atoms with Crippen molar-refractivity contribution < 1.29 is 78.7 Å². The third-order valence-electron chi connectivity index (χ3n) is 10.4. The van der Waals surface area contributed by atoms with Gasteiger partial charge < -0.3 is 70.6 Å². The molecule has 0 saturated carbocycles. The zero-order valence-electron chi connectivity index (χ0n) is 32.5. The van der Waals surface area contributed by atoms with Crippen molar-refractivity contribution in [1.82, 2.24) is 16.0 Å². The average molecular weight is 836 g/mol. The van der Waals surface area contributed by atoms with Gasteiger partial charge in [-0.15, -0.1) is 0 Å². The first kappa shape index (κ1) is 48.4. The van der Waals surface area contributed by atoms with Gasteiger partial charge in [-0.1, -0.05) is 52.5 Å². The minimum atomic E-state index is -2.09. The summed E-state index contributed by atoms with van der Waals surface area (Å²) < 4.78 is 21.4. The van der Waals surface area contributed by atoms with E-state index < -0.39 is 111 Å². The molecule has 3 amide bonds. The Bertz CT molecular complexity index is 1340. The molecule has 0 spiro atoms. The van der Waals surface area contributed by atoms with Crippen molar-refractivity contribution in [1.29, 1.82) is 0 Å². The summed E-state index contributed by atoms with van der Waals surface area (Å²) in [6.07, 6.45) is -7.37. The van der Waals surface area contributed by atoms with E-state index in [9.17, 15) is 59.7 Å². The maximum Gasteiger partial charge on any atom is 0.333 e. The Balaban J connectivity index is 1.61. The number of hydrogen-bond donors (Lipinski definition) is 10. The van der Waals surface area contributed by atoms with E-state index >= 15 is 0 Å². The van der Waals surface area contributed by atoms with Gasteiger partial charge in [0.15, 0.2) is 18.7 Å². The fourth-order valence-corrected chi connectivity index (χ4v) is 8.33. The molecule has 0 aromatic heterocycles. The number of Topliss-reactive ketones (excluding diaryl/α,β-unsaturated/α-hetero) is 1. The third-order valence-corrected chi connectivity index (χ3v) is 11.9. The monoisotopic (exact) mass is 835 g/mol. The molecule has 3 saturated heterocycles. The van der Waals surface area contributed by atoms with Crippen LogP contribution in [-0.4, -0.2) is 170 Å². The minimum Gasteiger partial charge on any atom is -0.460 e. The average Bonchev–Trinajstić information content (AvgIpc) is 3.76. The summed E-state index contributed by atoms with van der Waals surface area (Å²) in [4.78, 5) is 63.7. The van der Waals surface area contributed by atoms with Crippen LogP contribution in [0.4, 0.5) is 4.79 Å². The molecule has 3 heterocycles. The van der Waals surface area contributed by atoms with E-state index in [4.69, 9.17) is 18.9 Å². The first-order chi connectivity index (χ1) is 27.1. The molecule has 326 valence electrons. The Labute approximate surface area is 336 Å². The predicted octanol–water partition coefficient (Wildman–Crippen LogP) is -1.70. The number of nitrogens with one attached hydrogen (secondary N) is 3. The number of aliphatic hydroxyl groups excluding tert-OH is 7. The first-order valence-electron chi connectivity index (χ1n) is 19.6. The highest BCUT2D eigenvalue weighted by atomic mass is 32.2. The number of urea groups is 1. The van der Waals surface area contributed by atoms with Crippen molar-refractivity contribution in [2.45, 2.75) is 150 Å². The lowest BCUT2D eigenvalue weighted by Crippen LogP contribution is -2.61. The smallest absolute Gasteiger partial charge is 0.333 e. The SMILES string of the molecule is C=C(CCCCCCC)C(=O)OCC(NC(=O)C(O)C(C)C(O[C@@H]1OC(CO)[C@H](O)[C@H](O)C1O)C(O)CO)C(=O)COC(=O)CCCC[C@H]1SC[C@H]2NC(=O)N[C@H]21. The Morgan fingerprint density at radius 2 is 1.67 bits per heavy atom. The lowest BCUT2D eigenvalue weighted by Gasteiger charge is -2.42. The molecule has 3 rings (SSSR count). The van der Waals surface area contributed by atoms with Crippen LogP contribution < -0.4 is 16.0 Å². The van der Waals surface area contributed by atoms with Crippen LogP contribution in [0.3, 0.4) is 0 Å². The standard InChI is InChI=1S/C37H61N3O16S/c1-4-5-6-7-8-11-19(2)35(51)54-16-21(24(44)17-53-27(45)13-10-9-12-26-28-22(18-57-26)39-37(52)40-28)38-34(50)29(46)20(3)33(23(43)14-41)56-36-32(49)31(48)30(47)25(15-42)55-36/h20-23,25-26,28-33,36,41-43,46-49H,2,4-18H2,1,3H3,(H,38,50)(H2,39,40,52)/t20?,21?,22-,23?,25?,26-,28-,29?,30+,31+,32?,33?,36+/m1/s1. The molecule has 3 aliphatic heterocycles. The van der Waals surface area contributed by atoms with Crippen LogP contribution in [-0.2, 0) is 38.1 Å². The van der Waals surface area contributed by atoms with E-state index in [-0.39, 0.29) is 35.4 Å². The molecule has 57 heavy (non-hydrogen) atoms. The first-order valence-corrected chi connectivity index (χ1v) is 20.6. The van der Waals surface area contributed by atoms with Crippen molar-refractivity contribution >= 4 is 41.4 Å². The number of amides is 3. The summed E-state index contributed by atoms with van der Waals surface area (Å²) in [5, 5.41) is 79.8. The van der Waals surface area contributed by atoms with Gasteiger partial charge in [0, 0.05) is 28.9 Å². The quantitative estimate of drug-likeness (QED) is 0.0201. The topological polar surface area (TPSA) is 300 Å². The molecule has 13 atom stereocenters. The molecule has 3 fully saturated rings. The number of esters is 2. The lowest BCUT2D eigenvalue weighted by atomic mass is 9.92. The molecule has 19 nitrogen and oxygen atoms in total. The second kappa shape index (κ2) is 24.2. The van der Waals surface area contributed by atoms with Gasteiger partial charge in [-0.3, -0.25) is 14.4 Å². The Hall–Kier alpha value is -2.92. The highest BCUT2D eigenvalue weighted by Crippen LogP contribution is 2.33. The van der Waals surface area contributed by atoms with E-state index in [0.29, 0.717) is 25.7 Å². The van der Waals surface area contributed by atoms with Crippen molar-refractivity contribution in [3.05, 3.63) is 12.2 Å². The zero-order chi connectivity index (χ0) is 42.2. The summed E-state index contributed by atoms with van der Waals surface area (Å²) in [5.74, 6) is -4.21. The van der Waals surface area contributed by atoms with Crippen LogP contribution >= 0.6 is 11.8 Å². The molecule has 0 aromatic rings. The number of thioether (sulfide) groups is 1. The number of ether oxygens (including phenoxy) is 4. The number of rotatable bonds is 26. The number of carbonyl (C=O) groups excluding carboxylic acids is 5. The van der Waals surface area contributed by atoms with Crippen LogP contribution in [0.1, 0.15) is 78.1 Å². The molecular weight excluding hydrogens is 774 g/mol. The number of unbranched alkanes of at least 4 members (excludes halogenated alkanes) is 5. The van der Waals surface area contributed by atoms with E-state index in [1.54, 1.807) is 11.8 Å². The largest absolute Gasteiger partial charge is 0.460 e. The number of ketones is 1. The third kappa shape index (κ3) is 14.4. The summed E-state index contributed by atoms with van der Waals surface area (Å²) in [5.41, 5.74) is 0.147. The van der Waals surface area contributed by atoms with Gasteiger partial charge >= 0.3 is 18.0 Å². The van der Waals surface area contributed by atoms with Gasteiger partial charge in [-0.25, -0.2) is 9.59 Å². The van der Waals surface area contributed by atoms with E-state index in [0.717, 1.165) is 37.9 Å². The predicted molar refractivity (Wildman–Crippen MR) is 202 cm³/mol. The molecule has 3 aliphatic rings. The molecular formula is C37H61N3O16S. The second-order valence-electron chi connectivity index (χ2n) is 14.8. The van der Waals surface area contributed by atoms with Crippen molar-refractivity contribution in [2.75, 3.05) is 32.2 Å². The van der Waals surface area contributed by atoms with Gasteiger partial charge in [-0.2, -0.15) is 11.8 Å². The number of aliphatic hydroxyl groups is 7. The Morgan fingerprint density at radius 3 is 2.35 bits per heavy atom. The molecule has 0 aromatic carbocycles. The molecule has 0 bridgehead atoms. The Morgan fingerprint density at radius 1 is 0.965 bits per heavy atom. The van der Waals surface area contributed by atoms with Gasteiger partial charge in [-0.05, 0) is 25.7 Å². The van der Waals surface area contributed by atoms with Crippen LogP contribution in [0.15, 0.2) is 12.2 Å². The maximum atomic E-state index is 13.4. The highest BCUT2D eigenvalue weighted by Gasteiger charge is 2.47. The number of hydrogen-bond acceptors (Lipinski definition) is 17. The number of carbonyl (C=O) groups is 5. The molecule has 0 radical (unpaired) electrons. The fourth-order valence-electron chi connectivity index (χ4n) is 6.78.